The first kappa shape index (κ1) is 24.6. The van der Waals surface area contributed by atoms with Gasteiger partial charge in [0, 0.05) is 52.4 Å². The molecule has 0 unspecified atom stereocenters. The summed E-state index contributed by atoms with van der Waals surface area (Å²) in [5.41, 5.74) is 4.92. The fourth-order valence-electron chi connectivity index (χ4n) is 4.77. The van der Waals surface area contributed by atoms with E-state index in [-0.39, 0.29) is 11.1 Å². The Hall–Kier alpha value is -2.48. The number of hydrogen-bond acceptors (Lipinski definition) is 5. The highest BCUT2D eigenvalue weighted by molar-refractivity contribution is 5.76. The second-order valence-electron chi connectivity index (χ2n) is 10.7. The summed E-state index contributed by atoms with van der Waals surface area (Å²) in [4.78, 5) is 22.8. The predicted octanol–water partition coefficient (Wildman–Crippen LogP) is 3.60. The summed E-state index contributed by atoms with van der Waals surface area (Å²) in [5, 5.41) is 0. The van der Waals surface area contributed by atoms with Gasteiger partial charge in [-0.3, -0.25) is 18.9 Å². The summed E-state index contributed by atoms with van der Waals surface area (Å²) >= 11 is 0. The van der Waals surface area contributed by atoms with Gasteiger partial charge in [0.05, 0.1) is 17.8 Å². The number of benzene rings is 1. The Balaban J connectivity index is 1.53. The highest BCUT2D eigenvalue weighted by Gasteiger charge is 2.19. The Bertz CT molecular complexity index is 1170. The van der Waals surface area contributed by atoms with Crippen LogP contribution in [0.25, 0.3) is 22.4 Å². The van der Waals surface area contributed by atoms with Gasteiger partial charge < -0.3 is 4.74 Å². The first-order valence-corrected chi connectivity index (χ1v) is 12.3. The van der Waals surface area contributed by atoms with Crippen LogP contribution >= 0.6 is 0 Å². The maximum atomic E-state index is 12.9. The van der Waals surface area contributed by atoms with Gasteiger partial charge in [-0.05, 0) is 48.7 Å². The van der Waals surface area contributed by atoms with Gasteiger partial charge in [-0.1, -0.05) is 39.0 Å². The van der Waals surface area contributed by atoms with Crippen molar-refractivity contribution in [3.05, 3.63) is 52.4 Å². The zero-order valence-corrected chi connectivity index (χ0v) is 21.4. The van der Waals surface area contributed by atoms with Crippen molar-refractivity contribution in [2.45, 2.75) is 40.3 Å². The minimum Gasteiger partial charge on any atom is -0.383 e. The lowest BCUT2D eigenvalue weighted by molar-refractivity contribution is 0.149. The molecule has 34 heavy (non-hydrogen) atoms. The van der Waals surface area contributed by atoms with Gasteiger partial charge in [-0.15, -0.1) is 0 Å². The van der Waals surface area contributed by atoms with Crippen LogP contribution in [0.2, 0.25) is 0 Å². The number of rotatable bonds is 7. The van der Waals surface area contributed by atoms with Gasteiger partial charge in [0.25, 0.3) is 0 Å². The van der Waals surface area contributed by atoms with Gasteiger partial charge in [-0.2, -0.15) is 0 Å². The summed E-state index contributed by atoms with van der Waals surface area (Å²) in [5.74, 6) is 0. The van der Waals surface area contributed by atoms with E-state index in [9.17, 15) is 4.79 Å². The average Bonchev–Trinajstić information content (AvgIpc) is 2.95. The second kappa shape index (κ2) is 10.4. The lowest BCUT2D eigenvalue weighted by Crippen LogP contribution is -2.32. The fraction of sp³-hybridized carbons (Fsp3) is 0.556. The molecule has 0 radical (unpaired) electrons. The van der Waals surface area contributed by atoms with Crippen LogP contribution in [0.15, 0.2) is 41.2 Å². The molecule has 0 amide bonds. The van der Waals surface area contributed by atoms with Crippen LogP contribution in [0.1, 0.15) is 32.8 Å². The van der Waals surface area contributed by atoms with E-state index in [1.807, 2.05) is 23.7 Å². The smallest absolute Gasteiger partial charge is 0.330 e. The summed E-state index contributed by atoms with van der Waals surface area (Å²) in [6.45, 7) is 14.2. The minimum atomic E-state index is -0.0102. The predicted molar refractivity (Wildman–Crippen MR) is 138 cm³/mol. The molecule has 2 aromatic heterocycles. The number of aryl methyl sites for hydroxylation is 1. The number of nitrogens with zero attached hydrogens (tertiary/aromatic N) is 5. The molecule has 3 aromatic rings. The number of ether oxygens (including phenoxy) is 1. The van der Waals surface area contributed by atoms with E-state index in [4.69, 9.17) is 9.72 Å². The molecule has 1 aromatic carbocycles. The molecule has 1 fully saturated rings. The Kier molecular flexibility index (Phi) is 7.55. The molecule has 7 heteroatoms. The van der Waals surface area contributed by atoms with E-state index >= 15 is 0 Å². The number of aromatic nitrogens is 3. The standard InChI is InChI=1S/C27H39N5O2/c1-27(2,3)20-32-24-11-10-23(28-25(24)29(4)26(32)33)22-9-6-8-21(18-22)19-31-13-7-12-30(14-15-31)16-17-34-5/h6,8-11,18H,7,12-17,19-20H2,1-5H3. The van der Waals surface area contributed by atoms with E-state index < -0.39 is 0 Å². The number of hydrogen-bond donors (Lipinski definition) is 0. The highest BCUT2D eigenvalue weighted by atomic mass is 16.5. The summed E-state index contributed by atoms with van der Waals surface area (Å²) in [6, 6.07) is 12.7. The van der Waals surface area contributed by atoms with Crippen molar-refractivity contribution in [1.82, 2.24) is 23.9 Å². The largest absolute Gasteiger partial charge is 0.383 e. The van der Waals surface area contributed by atoms with Gasteiger partial charge >= 0.3 is 5.69 Å². The molecule has 184 valence electrons. The van der Waals surface area contributed by atoms with E-state index in [1.165, 1.54) is 12.0 Å². The molecule has 1 aliphatic heterocycles. The highest BCUT2D eigenvalue weighted by Crippen LogP contribution is 2.24. The van der Waals surface area contributed by atoms with E-state index in [0.29, 0.717) is 6.54 Å². The fourth-order valence-corrected chi connectivity index (χ4v) is 4.77. The number of imidazole rings is 1. The van der Waals surface area contributed by atoms with Crippen LogP contribution in [0.4, 0.5) is 0 Å². The average molecular weight is 466 g/mol. The van der Waals surface area contributed by atoms with Crippen LogP contribution in [0.5, 0.6) is 0 Å². The van der Waals surface area contributed by atoms with Crippen molar-refractivity contribution in [1.29, 1.82) is 0 Å². The zero-order chi connectivity index (χ0) is 24.3. The molecule has 1 aliphatic rings. The van der Waals surface area contributed by atoms with Crippen molar-refractivity contribution in [3.63, 3.8) is 0 Å². The molecule has 0 atom stereocenters. The Morgan fingerprint density at radius 1 is 1.03 bits per heavy atom. The summed E-state index contributed by atoms with van der Waals surface area (Å²) in [7, 11) is 3.58. The van der Waals surface area contributed by atoms with Crippen molar-refractivity contribution < 1.29 is 4.74 Å². The zero-order valence-electron chi connectivity index (χ0n) is 21.4. The van der Waals surface area contributed by atoms with E-state index in [2.05, 4.69) is 54.8 Å². The topological polar surface area (TPSA) is 55.5 Å². The number of methoxy groups -OCH3 is 1. The quantitative estimate of drug-likeness (QED) is 0.534. The molecule has 0 aliphatic carbocycles. The third-order valence-corrected chi connectivity index (χ3v) is 6.54. The SMILES string of the molecule is COCCN1CCCN(Cc2cccc(-c3ccc4c(n3)n(C)c(=O)n4CC(C)(C)C)c2)CC1. The van der Waals surface area contributed by atoms with Gasteiger partial charge in [0.15, 0.2) is 5.65 Å². The molecule has 0 saturated carbocycles. The summed E-state index contributed by atoms with van der Waals surface area (Å²) < 4.78 is 8.76. The molecule has 7 nitrogen and oxygen atoms in total. The lowest BCUT2D eigenvalue weighted by Gasteiger charge is -2.21. The minimum absolute atomic E-state index is 0.0102. The van der Waals surface area contributed by atoms with E-state index in [1.54, 1.807) is 11.7 Å². The molecule has 4 rings (SSSR count). The van der Waals surface area contributed by atoms with Gasteiger partial charge in [0.1, 0.15) is 0 Å². The van der Waals surface area contributed by atoms with Crippen LogP contribution in [0, 0.1) is 5.41 Å². The van der Waals surface area contributed by atoms with Crippen molar-refractivity contribution >= 4 is 11.2 Å². The number of fused-ring (bicyclic) bond motifs is 1. The van der Waals surface area contributed by atoms with E-state index in [0.717, 1.165) is 68.3 Å². The third-order valence-electron chi connectivity index (χ3n) is 6.54. The maximum absolute atomic E-state index is 12.9. The van der Waals surface area contributed by atoms with Crippen LogP contribution in [-0.2, 0) is 24.9 Å². The first-order chi connectivity index (χ1) is 16.2. The molecular formula is C27H39N5O2. The van der Waals surface area contributed by atoms with Gasteiger partial charge in [-0.25, -0.2) is 9.78 Å². The van der Waals surface area contributed by atoms with Crippen molar-refractivity contribution in [2.75, 3.05) is 46.4 Å². The molecule has 1 saturated heterocycles. The molecule has 0 bridgehead atoms. The summed E-state index contributed by atoms with van der Waals surface area (Å²) in [6.07, 6.45) is 1.18. The molecular weight excluding hydrogens is 426 g/mol. The molecule has 3 heterocycles. The molecule has 0 spiro atoms. The monoisotopic (exact) mass is 465 g/mol. The van der Waals surface area contributed by atoms with Crippen LogP contribution in [0.3, 0.4) is 0 Å². The van der Waals surface area contributed by atoms with Crippen molar-refractivity contribution in [3.8, 4) is 11.3 Å². The number of pyridine rings is 1. The Morgan fingerprint density at radius 3 is 2.56 bits per heavy atom. The normalized spacial score (nSPS) is 16.3. The van der Waals surface area contributed by atoms with Crippen LogP contribution in [-0.4, -0.2) is 70.4 Å². The van der Waals surface area contributed by atoms with Crippen molar-refractivity contribution in [2.24, 2.45) is 12.5 Å². The first-order valence-electron chi connectivity index (χ1n) is 12.3. The molecule has 0 N–H and O–H groups in total. The Morgan fingerprint density at radius 2 is 1.79 bits per heavy atom. The van der Waals surface area contributed by atoms with Crippen LogP contribution < -0.4 is 5.69 Å². The maximum Gasteiger partial charge on any atom is 0.330 e. The third kappa shape index (κ3) is 5.77. The Labute approximate surface area is 203 Å². The lowest BCUT2D eigenvalue weighted by atomic mass is 9.97. The second-order valence-corrected chi connectivity index (χ2v) is 10.7. The van der Waals surface area contributed by atoms with Gasteiger partial charge in [0.2, 0.25) is 0 Å².